The Morgan fingerprint density at radius 2 is 2.00 bits per heavy atom. The number of rotatable bonds is 3. The number of hydrogen-bond donors (Lipinski definition) is 1. The highest BCUT2D eigenvalue weighted by atomic mass is 35.5. The van der Waals surface area contributed by atoms with Crippen LogP contribution in [0.25, 0.3) is 5.69 Å². The Labute approximate surface area is 122 Å². The van der Waals surface area contributed by atoms with Crippen molar-refractivity contribution >= 4 is 29.2 Å². The number of aromatic nitrogens is 2. The fourth-order valence-electron chi connectivity index (χ4n) is 2.54. The van der Waals surface area contributed by atoms with Crippen LogP contribution in [0.4, 0.5) is 5.95 Å². The predicted octanol–water partition coefficient (Wildman–Crippen LogP) is 4.53. The minimum Gasteiger partial charge on any atom is -0.353 e. The lowest BCUT2D eigenvalue weighted by molar-refractivity contribution is 0.740. The van der Waals surface area contributed by atoms with Gasteiger partial charge in [-0.3, -0.25) is 4.57 Å². The van der Waals surface area contributed by atoms with Gasteiger partial charge in [0, 0.05) is 18.4 Å². The van der Waals surface area contributed by atoms with Gasteiger partial charge in [-0.2, -0.15) is 0 Å². The van der Waals surface area contributed by atoms with E-state index in [1.807, 2.05) is 22.9 Å². The molecule has 1 aromatic heterocycles. The van der Waals surface area contributed by atoms with Crippen molar-refractivity contribution < 1.29 is 0 Å². The van der Waals surface area contributed by atoms with E-state index >= 15 is 0 Å². The molecule has 3 nitrogen and oxygen atoms in total. The third-order valence-corrected chi connectivity index (χ3v) is 4.33. The average molecular weight is 296 g/mol. The third-order valence-electron chi connectivity index (χ3n) is 3.52. The molecule has 0 radical (unpaired) electrons. The second-order valence-electron chi connectivity index (χ2n) is 4.82. The van der Waals surface area contributed by atoms with Crippen LogP contribution in [0.15, 0.2) is 30.6 Å². The van der Waals surface area contributed by atoms with Crippen LogP contribution < -0.4 is 5.32 Å². The number of hydrogen-bond acceptors (Lipinski definition) is 2. The normalized spacial score (nSPS) is 15.9. The van der Waals surface area contributed by atoms with Gasteiger partial charge >= 0.3 is 0 Å². The van der Waals surface area contributed by atoms with Crippen LogP contribution in [-0.4, -0.2) is 15.6 Å². The fourth-order valence-corrected chi connectivity index (χ4v) is 2.92. The van der Waals surface area contributed by atoms with Crippen molar-refractivity contribution in [2.24, 2.45) is 0 Å². The minimum atomic E-state index is 0.513. The molecule has 1 aliphatic carbocycles. The van der Waals surface area contributed by atoms with Gasteiger partial charge in [0.2, 0.25) is 5.95 Å². The summed E-state index contributed by atoms with van der Waals surface area (Å²) in [5.74, 6) is 0.830. The standard InChI is InChI=1S/C14H15Cl2N3/c15-11-6-3-7-12(13(11)16)19-9-8-17-14(19)18-10-4-1-2-5-10/h3,6-10H,1-2,4-5H2,(H,17,18). The fraction of sp³-hybridized carbons (Fsp3) is 0.357. The molecular weight excluding hydrogens is 281 g/mol. The first-order valence-corrected chi connectivity index (χ1v) is 7.25. The summed E-state index contributed by atoms with van der Waals surface area (Å²) < 4.78 is 1.95. The van der Waals surface area contributed by atoms with Crippen LogP contribution >= 0.6 is 23.2 Å². The van der Waals surface area contributed by atoms with Crippen LogP contribution in [0.1, 0.15) is 25.7 Å². The first kappa shape index (κ1) is 12.8. The summed E-state index contributed by atoms with van der Waals surface area (Å²) in [6, 6.07) is 6.13. The van der Waals surface area contributed by atoms with E-state index in [0.717, 1.165) is 11.6 Å². The van der Waals surface area contributed by atoms with Crippen LogP contribution in [0, 0.1) is 0 Å². The Morgan fingerprint density at radius 3 is 2.79 bits per heavy atom. The van der Waals surface area contributed by atoms with Crippen LogP contribution in [0.3, 0.4) is 0 Å². The average Bonchev–Trinajstić information content (AvgIpc) is 3.05. The van der Waals surface area contributed by atoms with E-state index in [2.05, 4.69) is 10.3 Å². The summed E-state index contributed by atoms with van der Waals surface area (Å²) in [6.45, 7) is 0. The molecule has 2 aromatic rings. The second kappa shape index (κ2) is 5.43. The van der Waals surface area contributed by atoms with E-state index in [1.54, 1.807) is 12.3 Å². The Bertz CT molecular complexity index is 574. The summed E-state index contributed by atoms with van der Waals surface area (Å²) in [4.78, 5) is 4.38. The molecule has 0 unspecified atom stereocenters. The lowest BCUT2D eigenvalue weighted by atomic mass is 10.2. The molecule has 1 heterocycles. The molecule has 0 spiro atoms. The summed E-state index contributed by atoms with van der Waals surface area (Å²) in [5, 5.41) is 4.59. The van der Waals surface area contributed by atoms with Crippen molar-refractivity contribution in [1.29, 1.82) is 0 Å². The number of nitrogens with one attached hydrogen (secondary N) is 1. The maximum atomic E-state index is 6.26. The van der Waals surface area contributed by atoms with Crippen LogP contribution in [-0.2, 0) is 0 Å². The molecule has 1 saturated carbocycles. The monoisotopic (exact) mass is 295 g/mol. The molecule has 0 aliphatic heterocycles. The molecule has 5 heteroatoms. The lowest BCUT2D eigenvalue weighted by Crippen LogP contribution is -2.17. The summed E-state index contributed by atoms with van der Waals surface area (Å²) >= 11 is 12.3. The Balaban J connectivity index is 1.92. The SMILES string of the molecule is Clc1cccc(-n2ccnc2NC2CCCC2)c1Cl. The number of imidazole rings is 1. The number of anilines is 1. The third kappa shape index (κ3) is 2.58. The zero-order chi connectivity index (χ0) is 13.2. The molecular formula is C14H15Cl2N3. The van der Waals surface area contributed by atoms with Crippen molar-refractivity contribution in [3.63, 3.8) is 0 Å². The second-order valence-corrected chi connectivity index (χ2v) is 5.60. The van der Waals surface area contributed by atoms with Gasteiger partial charge < -0.3 is 5.32 Å². The van der Waals surface area contributed by atoms with Crippen molar-refractivity contribution in [2.75, 3.05) is 5.32 Å². The molecule has 1 fully saturated rings. The van der Waals surface area contributed by atoms with Gasteiger partial charge in [-0.05, 0) is 25.0 Å². The van der Waals surface area contributed by atoms with E-state index in [0.29, 0.717) is 16.1 Å². The number of nitrogens with zero attached hydrogens (tertiary/aromatic N) is 2. The number of halogens is 2. The molecule has 0 atom stereocenters. The van der Waals surface area contributed by atoms with Gasteiger partial charge in [-0.25, -0.2) is 4.98 Å². The summed E-state index contributed by atoms with van der Waals surface area (Å²) in [6.07, 6.45) is 8.65. The molecule has 1 aliphatic rings. The van der Waals surface area contributed by atoms with Crippen molar-refractivity contribution in [3.8, 4) is 5.69 Å². The summed E-state index contributed by atoms with van der Waals surface area (Å²) in [7, 11) is 0. The highest BCUT2D eigenvalue weighted by molar-refractivity contribution is 6.43. The van der Waals surface area contributed by atoms with Crippen LogP contribution in [0.2, 0.25) is 10.0 Å². The maximum Gasteiger partial charge on any atom is 0.207 e. The van der Waals surface area contributed by atoms with Crippen LogP contribution in [0.5, 0.6) is 0 Å². The number of benzene rings is 1. The molecule has 0 saturated heterocycles. The van der Waals surface area contributed by atoms with E-state index in [4.69, 9.17) is 23.2 Å². The van der Waals surface area contributed by atoms with Gasteiger partial charge in [0.25, 0.3) is 0 Å². The van der Waals surface area contributed by atoms with Crippen molar-refractivity contribution in [2.45, 2.75) is 31.7 Å². The molecule has 100 valence electrons. The Kier molecular flexibility index (Phi) is 3.67. The first-order chi connectivity index (χ1) is 9.25. The molecule has 1 N–H and O–H groups in total. The van der Waals surface area contributed by atoms with E-state index in [9.17, 15) is 0 Å². The quantitative estimate of drug-likeness (QED) is 0.901. The summed E-state index contributed by atoms with van der Waals surface area (Å²) in [5.41, 5.74) is 0.854. The zero-order valence-electron chi connectivity index (χ0n) is 10.4. The maximum absolute atomic E-state index is 6.26. The Hall–Kier alpha value is -1.19. The molecule has 1 aromatic carbocycles. The molecule has 0 bridgehead atoms. The lowest BCUT2D eigenvalue weighted by Gasteiger charge is -2.15. The zero-order valence-corrected chi connectivity index (χ0v) is 12.0. The van der Waals surface area contributed by atoms with Gasteiger partial charge in [0.1, 0.15) is 0 Å². The van der Waals surface area contributed by atoms with Gasteiger partial charge in [0.15, 0.2) is 0 Å². The first-order valence-electron chi connectivity index (χ1n) is 6.50. The van der Waals surface area contributed by atoms with Gasteiger partial charge in [-0.15, -0.1) is 0 Å². The molecule has 19 heavy (non-hydrogen) atoms. The minimum absolute atomic E-state index is 0.513. The van der Waals surface area contributed by atoms with Gasteiger partial charge in [-0.1, -0.05) is 42.1 Å². The highest BCUT2D eigenvalue weighted by Gasteiger charge is 2.17. The van der Waals surface area contributed by atoms with E-state index in [1.165, 1.54) is 25.7 Å². The molecule has 3 rings (SSSR count). The van der Waals surface area contributed by atoms with Gasteiger partial charge in [0.05, 0.1) is 15.7 Å². The smallest absolute Gasteiger partial charge is 0.207 e. The topological polar surface area (TPSA) is 29.9 Å². The van der Waals surface area contributed by atoms with Crippen molar-refractivity contribution in [1.82, 2.24) is 9.55 Å². The Morgan fingerprint density at radius 1 is 1.21 bits per heavy atom. The van der Waals surface area contributed by atoms with E-state index in [-0.39, 0.29) is 0 Å². The predicted molar refractivity (Wildman–Crippen MR) is 79.5 cm³/mol. The largest absolute Gasteiger partial charge is 0.353 e. The van der Waals surface area contributed by atoms with E-state index < -0.39 is 0 Å². The molecule has 0 amide bonds. The highest BCUT2D eigenvalue weighted by Crippen LogP contribution is 2.30. The van der Waals surface area contributed by atoms with Crippen molar-refractivity contribution in [3.05, 3.63) is 40.6 Å².